The first-order valence-electron chi connectivity index (χ1n) is 6.87. The van der Waals surface area contributed by atoms with Gasteiger partial charge < -0.3 is 5.32 Å². The van der Waals surface area contributed by atoms with E-state index in [1.54, 1.807) is 0 Å². The van der Waals surface area contributed by atoms with Gasteiger partial charge in [0.15, 0.2) is 0 Å². The van der Waals surface area contributed by atoms with Crippen LogP contribution in [0.15, 0.2) is 0 Å². The van der Waals surface area contributed by atoms with Crippen LogP contribution in [0.25, 0.3) is 0 Å². The summed E-state index contributed by atoms with van der Waals surface area (Å²) >= 11 is 0. The molecule has 1 radical (unpaired) electrons. The lowest BCUT2D eigenvalue weighted by Crippen LogP contribution is -2.14. The summed E-state index contributed by atoms with van der Waals surface area (Å²) in [5.41, 5.74) is 0. The van der Waals surface area contributed by atoms with E-state index >= 15 is 0 Å². The van der Waals surface area contributed by atoms with Crippen molar-refractivity contribution in [2.45, 2.75) is 77.6 Å². The molecule has 0 aliphatic rings. The Balaban J connectivity index is 2.96. The molecule has 2 nitrogen and oxygen atoms in total. The molecule has 95 valence electrons. The maximum atomic E-state index is 10.9. The van der Waals surface area contributed by atoms with Crippen LogP contribution in [0.3, 0.4) is 0 Å². The van der Waals surface area contributed by atoms with Gasteiger partial charge in [-0.25, -0.2) is 0 Å². The lowest BCUT2D eigenvalue weighted by molar-refractivity contribution is -0.120. The van der Waals surface area contributed by atoms with Crippen LogP contribution < -0.4 is 5.32 Å². The average Bonchev–Trinajstić information content (AvgIpc) is 2.31. The van der Waals surface area contributed by atoms with E-state index in [9.17, 15) is 4.79 Å². The van der Waals surface area contributed by atoms with E-state index in [0.29, 0.717) is 6.42 Å². The van der Waals surface area contributed by atoms with Crippen molar-refractivity contribution >= 4 is 5.91 Å². The van der Waals surface area contributed by atoms with Crippen molar-refractivity contribution in [2.24, 2.45) is 0 Å². The quantitative estimate of drug-likeness (QED) is 0.525. The summed E-state index contributed by atoms with van der Waals surface area (Å²) in [6.45, 7) is 2.25. The summed E-state index contributed by atoms with van der Waals surface area (Å²) < 4.78 is 0. The highest BCUT2D eigenvalue weighted by atomic mass is 16.1. The second kappa shape index (κ2) is 12.5. The summed E-state index contributed by atoms with van der Waals surface area (Å²) in [6, 6.07) is 0. The third kappa shape index (κ3) is 11.5. The summed E-state index contributed by atoms with van der Waals surface area (Å²) in [5, 5.41) is 2.41. The third-order valence-electron chi connectivity index (χ3n) is 2.95. The summed E-state index contributed by atoms with van der Waals surface area (Å²) in [6.07, 6.45) is 13.7. The molecule has 0 rings (SSSR count). The number of carbonyl (C=O) groups is 1. The Hall–Kier alpha value is -0.530. The molecule has 2 heteroatoms. The Morgan fingerprint density at radius 1 is 0.875 bits per heavy atom. The molecule has 0 bridgehead atoms. The number of unbranched alkanes of at least 4 members (excludes halogenated alkanes) is 9. The van der Waals surface area contributed by atoms with Crippen LogP contribution in [-0.2, 0) is 4.79 Å². The molecule has 0 aromatic heterocycles. The fraction of sp³-hybridized carbons (Fsp3) is 0.857. The van der Waals surface area contributed by atoms with E-state index in [0.717, 1.165) is 6.42 Å². The Bertz CT molecular complexity index is 157. The molecule has 0 aliphatic carbocycles. The Morgan fingerprint density at radius 2 is 1.31 bits per heavy atom. The monoisotopic (exact) mass is 226 g/mol. The van der Waals surface area contributed by atoms with E-state index in [-0.39, 0.29) is 5.91 Å². The van der Waals surface area contributed by atoms with Gasteiger partial charge in [-0.3, -0.25) is 4.79 Å². The molecule has 0 aromatic carbocycles. The summed E-state index contributed by atoms with van der Waals surface area (Å²) in [4.78, 5) is 10.9. The van der Waals surface area contributed by atoms with Crippen molar-refractivity contribution in [2.75, 3.05) is 0 Å². The van der Waals surface area contributed by atoms with Gasteiger partial charge in [0.05, 0.1) is 0 Å². The second-order valence-corrected chi connectivity index (χ2v) is 4.53. The first-order chi connectivity index (χ1) is 7.81. The molecular formula is C14H28NO. The van der Waals surface area contributed by atoms with Crippen LogP contribution >= 0.6 is 0 Å². The molecule has 0 aromatic rings. The molecule has 0 saturated carbocycles. The maximum absolute atomic E-state index is 10.9. The lowest BCUT2D eigenvalue weighted by atomic mass is 10.1. The van der Waals surface area contributed by atoms with Gasteiger partial charge in [0.2, 0.25) is 5.91 Å². The standard InChI is InChI=1S/C14H28NO/c1-3-4-5-6-7-8-9-10-11-12-13-14(16)15-2/h2-13H2,1H3,(H,15,16). The van der Waals surface area contributed by atoms with Crippen molar-refractivity contribution in [3.8, 4) is 0 Å². The summed E-state index contributed by atoms with van der Waals surface area (Å²) in [7, 11) is 3.35. The van der Waals surface area contributed by atoms with Crippen LogP contribution in [0.5, 0.6) is 0 Å². The summed E-state index contributed by atoms with van der Waals surface area (Å²) in [5.74, 6) is 0.0690. The topological polar surface area (TPSA) is 29.1 Å². The largest absolute Gasteiger partial charge is 0.354 e. The van der Waals surface area contributed by atoms with E-state index < -0.39 is 0 Å². The second-order valence-electron chi connectivity index (χ2n) is 4.53. The van der Waals surface area contributed by atoms with E-state index in [1.807, 2.05) is 0 Å². The number of nitrogens with one attached hydrogen (secondary N) is 1. The van der Waals surface area contributed by atoms with Gasteiger partial charge in [-0.1, -0.05) is 64.7 Å². The highest BCUT2D eigenvalue weighted by Crippen LogP contribution is 2.11. The fourth-order valence-electron chi connectivity index (χ4n) is 1.86. The SMILES string of the molecule is [CH2]NC(=O)CCCCCCCCCCCC. The van der Waals surface area contributed by atoms with Crippen LogP contribution in [0.2, 0.25) is 0 Å². The van der Waals surface area contributed by atoms with Gasteiger partial charge >= 0.3 is 0 Å². The Kier molecular flexibility index (Phi) is 12.1. The zero-order chi connectivity index (χ0) is 12.1. The molecule has 0 fully saturated rings. The third-order valence-corrected chi connectivity index (χ3v) is 2.95. The number of rotatable bonds is 11. The molecule has 0 saturated heterocycles. The van der Waals surface area contributed by atoms with E-state index in [4.69, 9.17) is 0 Å². The minimum atomic E-state index is 0.0690. The minimum Gasteiger partial charge on any atom is -0.354 e. The van der Waals surface area contributed by atoms with Crippen molar-refractivity contribution < 1.29 is 4.79 Å². The number of carbonyl (C=O) groups excluding carboxylic acids is 1. The first-order valence-corrected chi connectivity index (χ1v) is 6.87. The number of amides is 1. The van der Waals surface area contributed by atoms with E-state index in [2.05, 4.69) is 19.3 Å². The van der Waals surface area contributed by atoms with Gasteiger partial charge in [0.25, 0.3) is 0 Å². The maximum Gasteiger partial charge on any atom is 0.220 e. The smallest absolute Gasteiger partial charge is 0.220 e. The molecule has 0 atom stereocenters. The normalized spacial score (nSPS) is 10.4. The molecule has 0 heterocycles. The first kappa shape index (κ1) is 15.5. The molecule has 1 amide bonds. The van der Waals surface area contributed by atoms with Crippen LogP contribution in [0, 0.1) is 7.05 Å². The molecule has 0 unspecified atom stereocenters. The predicted octanol–water partition coefficient (Wildman–Crippen LogP) is 4.21. The Morgan fingerprint density at radius 3 is 1.75 bits per heavy atom. The Labute approximate surface area is 101 Å². The van der Waals surface area contributed by atoms with Crippen molar-refractivity contribution in [1.82, 2.24) is 5.32 Å². The highest BCUT2D eigenvalue weighted by Gasteiger charge is 1.97. The molecule has 1 N–H and O–H groups in total. The fourth-order valence-corrected chi connectivity index (χ4v) is 1.86. The molecular weight excluding hydrogens is 198 g/mol. The highest BCUT2D eigenvalue weighted by molar-refractivity contribution is 5.75. The van der Waals surface area contributed by atoms with Crippen LogP contribution in [0.1, 0.15) is 77.6 Å². The molecule has 0 spiro atoms. The minimum absolute atomic E-state index is 0.0690. The van der Waals surface area contributed by atoms with Crippen molar-refractivity contribution in [1.29, 1.82) is 0 Å². The average molecular weight is 226 g/mol. The van der Waals surface area contributed by atoms with Gasteiger partial charge in [-0.05, 0) is 6.42 Å². The van der Waals surface area contributed by atoms with Crippen molar-refractivity contribution in [3.05, 3.63) is 7.05 Å². The molecule has 16 heavy (non-hydrogen) atoms. The zero-order valence-corrected chi connectivity index (χ0v) is 10.9. The zero-order valence-electron chi connectivity index (χ0n) is 10.9. The van der Waals surface area contributed by atoms with Gasteiger partial charge in [0.1, 0.15) is 0 Å². The van der Waals surface area contributed by atoms with Gasteiger partial charge in [-0.2, -0.15) is 0 Å². The van der Waals surface area contributed by atoms with Gasteiger partial charge in [0, 0.05) is 13.5 Å². The van der Waals surface area contributed by atoms with Crippen LogP contribution in [-0.4, -0.2) is 5.91 Å². The number of hydrogen-bond donors (Lipinski definition) is 1. The molecule has 0 aliphatic heterocycles. The van der Waals surface area contributed by atoms with Crippen LogP contribution in [0.4, 0.5) is 0 Å². The predicted molar refractivity (Wildman–Crippen MR) is 70.0 cm³/mol. The number of hydrogen-bond acceptors (Lipinski definition) is 1. The van der Waals surface area contributed by atoms with E-state index in [1.165, 1.54) is 57.8 Å². The lowest BCUT2D eigenvalue weighted by Gasteiger charge is -2.02. The van der Waals surface area contributed by atoms with Crippen molar-refractivity contribution in [3.63, 3.8) is 0 Å². The van der Waals surface area contributed by atoms with Gasteiger partial charge in [-0.15, -0.1) is 0 Å².